The van der Waals surface area contributed by atoms with Gasteiger partial charge in [0.1, 0.15) is 5.75 Å². The van der Waals surface area contributed by atoms with E-state index in [1.807, 2.05) is 0 Å². The van der Waals surface area contributed by atoms with Gasteiger partial charge in [0.15, 0.2) is 5.82 Å². The first-order valence-corrected chi connectivity index (χ1v) is 5.81. The Morgan fingerprint density at radius 1 is 1.47 bits per heavy atom. The lowest BCUT2D eigenvalue weighted by Crippen LogP contribution is -2.01. The molecule has 0 saturated carbocycles. The second-order valence-corrected chi connectivity index (χ2v) is 4.42. The van der Waals surface area contributed by atoms with Crippen LogP contribution < -0.4 is 4.74 Å². The quantitative estimate of drug-likeness (QED) is 0.867. The number of nitrogens with one attached hydrogen (secondary N) is 1. The van der Waals surface area contributed by atoms with Crippen LogP contribution in [0.4, 0.5) is 0 Å². The van der Waals surface area contributed by atoms with Crippen LogP contribution in [0.2, 0.25) is 0 Å². The van der Waals surface area contributed by atoms with Crippen LogP contribution in [0.3, 0.4) is 0 Å². The van der Waals surface area contributed by atoms with Crippen LogP contribution in [-0.4, -0.2) is 27.2 Å². The van der Waals surface area contributed by atoms with E-state index in [9.17, 15) is 0 Å². The zero-order valence-corrected chi connectivity index (χ0v) is 9.68. The monoisotopic (exact) mass is 230 g/mol. The number of benzene rings is 1. The SMILES string of the molecule is C[C@@H](Cc1ccc2c(c1)CCO2)c1nn[nH]n1. The van der Waals surface area contributed by atoms with Gasteiger partial charge in [-0.25, -0.2) is 0 Å². The van der Waals surface area contributed by atoms with Gasteiger partial charge in [0.25, 0.3) is 0 Å². The average Bonchev–Trinajstić information content (AvgIpc) is 2.99. The lowest BCUT2D eigenvalue weighted by molar-refractivity contribution is 0.357. The molecule has 1 aromatic heterocycles. The lowest BCUT2D eigenvalue weighted by Gasteiger charge is -2.08. The Morgan fingerprint density at radius 2 is 2.41 bits per heavy atom. The summed E-state index contributed by atoms with van der Waals surface area (Å²) in [5.74, 6) is 2.07. The summed E-state index contributed by atoms with van der Waals surface area (Å²) in [7, 11) is 0. The van der Waals surface area contributed by atoms with Crippen LogP contribution in [0, 0.1) is 0 Å². The number of fused-ring (bicyclic) bond motifs is 1. The predicted molar refractivity (Wildman–Crippen MR) is 61.9 cm³/mol. The maximum atomic E-state index is 5.49. The Bertz CT molecular complexity index is 509. The predicted octanol–water partition coefficient (Wildman–Crippen LogP) is 1.48. The molecule has 0 amide bonds. The van der Waals surface area contributed by atoms with Gasteiger partial charge in [0.2, 0.25) is 0 Å². The van der Waals surface area contributed by atoms with Crippen molar-refractivity contribution in [3.63, 3.8) is 0 Å². The van der Waals surface area contributed by atoms with Crippen molar-refractivity contribution in [3.8, 4) is 5.75 Å². The number of hydrogen-bond donors (Lipinski definition) is 1. The molecule has 1 atom stereocenters. The number of tetrazole rings is 1. The molecule has 2 heterocycles. The van der Waals surface area contributed by atoms with Crippen molar-refractivity contribution in [3.05, 3.63) is 35.2 Å². The topological polar surface area (TPSA) is 63.7 Å². The molecule has 1 aliphatic rings. The summed E-state index contributed by atoms with van der Waals surface area (Å²) in [6.45, 7) is 2.91. The standard InChI is InChI=1S/C12H14N4O/c1-8(12-13-15-16-14-12)6-9-2-3-11-10(7-9)4-5-17-11/h2-3,7-8H,4-6H2,1H3,(H,13,14,15,16)/t8-/m0/s1. The van der Waals surface area contributed by atoms with Gasteiger partial charge < -0.3 is 4.74 Å². The molecule has 1 aromatic carbocycles. The van der Waals surface area contributed by atoms with Crippen molar-refractivity contribution in [2.75, 3.05) is 6.61 Å². The Balaban J connectivity index is 1.77. The molecule has 0 aliphatic carbocycles. The Hall–Kier alpha value is -1.91. The van der Waals surface area contributed by atoms with Crippen molar-refractivity contribution >= 4 is 0 Å². The molecule has 1 aliphatic heterocycles. The first kappa shape index (κ1) is 10.3. The molecule has 0 spiro atoms. The highest BCUT2D eigenvalue weighted by Crippen LogP contribution is 2.27. The Labute approximate surface area is 99.2 Å². The first-order valence-electron chi connectivity index (χ1n) is 5.81. The third kappa shape index (κ3) is 2.00. The molecular weight excluding hydrogens is 216 g/mol. The smallest absolute Gasteiger partial charge is 0.177 e. The van der Waals surface area contributed by atoms with Crippen LogP contribution >= 0.6 is 0 Å². The van der Waals surface area contributed by atoms with E-state index in [1.54, 1.807) is 0 Å². The van der Waals surface area contributed by atoms with Gasteiger partial charge in [0.05, 0.1) is 6.61 Å². The molecular formula is C12H14N4O. The molecule has 5 heteroatoms. The van der Waals surface area contributed by atoms with E-state index in [2.05, 4.69) is 45.7 Å². The number of H-pyrrole nitrogens is 1. The fourth-order valence-corrected chi connectivity index (χ4v) is 2.19. The average molecular weight is 230 g/mol. The van der Waals surface area contributed by atoms with E-state index in [0.717, 1.165) is 31.0 Å². The van der Waals surface area contributed by atoms with Gasteiger partial charge in [0, 0.05) is 12.3 Å². The number of nitrogens with zero attached hydrogens (tertiary/aromatic N) is 3. The fraction of sp³-hybridized carbons (Fsp3) is 0.417. The lowest BCUT2D eigenvalue weighted by atomic mass is 9.98. The van der Waals surface area contributed by atoms with Gasteiger partial charge in [-0.1, -0.05) is 24.3 Å². The van der Waals surface area contributed by atoms with Crippen molar-refractivity contribution in [2.24, 2.45) is 0 Å². The van der Waals surface area contributed by atoms with Crippen LogP contribution in [-0.2, 0) is 12.8 Å². The largest absolute Gasteiger partial charge is 0.493 e. The molecule has 0 radical (unpaired) electrons. The molecule has 0 bridgehead atoms. The summed E-state index contributed by atoms with van der Waals surface area (Å²) in [4.78, 5) is 0. The van der Waals surface area contributed by atoms with Gasteiger partial charge in [-0.05, 0) is 23.6 Å². The van der Waals surface area contributed by atoms with Crippen molar-refractivity contribution < 1.29 is 4.74 Å². The molecule has 0 saturated heterocycles. The van der Waals surface area contributed by atoms with E-state index >= 15 is 0 Å². The summed E-state index contributed by atoms with van der Waals surface area (Å²) in [5, 5.41) is 14.1. The number of hydrogen-bond acceptors (Lipinski definition) is 4. The minimum atomic E-state index is 0.272. The van der Waals surface area contributed by atoms with Gasteiger partial charge in [-0.3, -0.25) is 0 Å². The van der Waals surface area contributed by atoms with Crippen molar-refractivity contribution in [1.29, 1.82) is 0 Å². The van der Waals surface area contributed by atoms with E-state index in [-0.39, 0.29) is 5.92 Å². The van der Waals surface area contributed by atoms with E-state index < -0.39 is 0 Å². The molecule has 88 valence electrons. The zero-order chi connectivity index (χ0) is 11.7. The summed E-state index contributed by atoms with van der Waals surface area (Å²) >= 11 is 0. The minimum Gasteiger partial charge on any atom is -0.493 e. The molecule has 0 fully saturated rings. The third-order valence-corrected chi connectivity index (χ3v) is 3.10. The van der Waals surface area contributed by atoms with Crippen LogP contribution in [0.15, 0.2) is 18.2 Å². The minimum absolute atomic E-state index is 0.272. The van der Waals surface area contributed by atoms with Gasteiger partial charge in [-0.2, -0.15) is 5.21 Å². The number of aromatic nitrogens is 4. The summed E-state index contributed by atoms with van der Waals surface area (Å²) in [6, 6.07) is 6.39. The van der Waals surface area contributed by atoms with Gasteiger partial charge >= 0.3 is 0 Å². The molecule has 5 nitrogen and oxygen atoms in total. The molecule has 17 heavy (non-hydrogen) atoms. The first-order chi connectivity index (χ1) is 8.33. The van der Waals surface area contributed by atoms with E-state index in [1.165, 1.54) is 11.1 Å². The highest BCUT2D eigenvalue weighted by Gasteiger charge is 2.15. The Morgan fingerprint density at radius 3 is 3.24 bits per heavy atom. The van der Waals surface area contributed by atoms with Crippen LogP contribution in [0.1, 0.15) is 29.8 Å². The molecule has 1 N–H and O–H groups in total. The van der Waals surface area contributed by atoms with Crippen molar-refractivity contribution in [2.45, 2.75) is 25.7 Å². The van der Waals surface area contributed by atoms with Gasteiger partial charge in [-0.15, -0.1) is 10.2 Å². The Kier molecular flexibility index (Phi) is 2.51. The number of rotatable bonds is 3. The maximum Gasteiger partial charge on any atom is 0.177 e. The number of aromatic amines is 1. The summed E-state index contributed by atoms with van der Waals surface area (Å²) in [5.41, 5.74) is 2.61. The van der Waals surface area contributed by atoms with E-state index in [4.69, 9.17) is 4.74 Å². The highest BCUT2D eigenvalue weighted by molar-refractivity contribution is 5.40. The van der Waals surface area contributed by atoms with Crippen molar-refractivity contribution in [1.82, 2.24) is 20.6 Å². The normalized spacial score (nSPS) is 15.4. The summed E-state index contributed by atoms with van der Waals surface area (Å²) in [6.07, 6.45) is 1.94. The zero-order valence-electron chi connectivity index (χ0n) is 9.68. The van der Waals surface area contributed by atoms with Crippen LogP contribution in [0.25, 0.3) is 0 Å². The molecule has 0 unspecified atom stereocenters. The third-order valence-electron chi connectivity index (χ3n) is 3.10. The molecule has 3 rings (SSSR count). The number of ether oxygens (including phenoxy) is 1. The van der Waals surface area contributed by atoms with E-state index in [0.29, 0.717) is 0 Å². The molecule has 2 aromatic rings. The maximum absolute atomic E-state index is 5.49. The fourth-order valence-electron chi connectivity index (χ4n) is 2.19. The van der Waals surface area contributed by atoms with Crippen LogP contribution in [0.5, 0.6) is 5.75 Å². The second-order valence-electron chi connectivity index (χ2n) is 4.42. The summed E-state index contributed by atoms with van der Waals surface area (Å²) < 4.78 is 5.49. The second kappa shape index (κ2) is 4.16. The highest BCUT2D eigenvalue weighted by atomic mass is 16.5.